The number of nitrogens with zero attached hydrogens (tertiary/aromatic N) is 3. The summed E-state index contributed by atoms with van der Waals surface area (Å²) in [7, 11) is 0. The van der Waals surface area contributed by atoms with Gasteiger partial charge in [-0.15, -0.1) is 0 Å². The second-order valence-corrected chi connectivity index (χ2v) is 10.9. The first-order valence-electron chi connectivity index (χ1n) is 14.4. The zero-order valence-electron chi connectivity index (χ0n) is 23.3. The van der Waals surface area contributed by atoms with Crippen LogP contribution in [0.4, 0.5) is 0 Å². The summed E-state index contributed by atoms with van der Waals surface area (Å²) in [6.07, 6.45) is 1.67. The van der Waals surface area contributed by atoms with Crippen molar-refractivity contribution in [2.24, 2.45) is 0 Å². The van der Waals surface area contributed by atoms with Crippen molar-refractivity contribution in [1.29, 1.82) is 5.26 Å². The summed E-state index contributed by atoms with van der Waals surface area (Å²) >= 11 is 0. The molecular formula is C40H25N3. The van der Waals surface area contributed by atoms with Crippen molar-refractivity contribution >= 4 is 10.8 Å². The molecule has 5 aromatic carbocycles. The van der Waals surface area contributed by atoms with E-state index in [9.17, 15) is 5.26 Å². The predicted octanol–water partition coefficient (Wildman–Crippen LogP) is 9.20. The molecule has 0 amide bonds. The van der Waals surface area contributed by atoms with Gasteiger partial charge in [0.05, 0.1) is 16.8 Å². The molecule has 0 atom stereocenters. The van der Waals surface area contributed by atoms with Crippen LogP contribution in [0.2, 0.25) is 0 Å². The van der Waals surface area contributed by atoms with E-state index in [1.54, 1.807) is 12.3 Å². The average Bonchev–Trinajstić information content (AvgIpc) is 3.40. The Kier molecular flexibility index (Phi) is 5.74. The molecule has 0 fully saturated rings. The van der Waals surface area contributed by atoms with Crippen molar-refractivity contribution in [1.82, 2.24) is 9.97 Å². The molecule has 43 heavy (non-hydrogen) atoms. The SMILES string of the molecule is N#Cc1cc(-c2cccc(-c3cc4c(c5ccccc35)-c3ccccc3C4(c3ccccc3)c3ccccc3)n2)ccn1. The summed E-state index contributed by atoms with van der Waals surface area (Å²) in [5, 5.41) is 11.8. The number of fused-ring (bicyclic) bond motifs is 5. The number of rotatable bonds is 4. The first kappa shape index (κ1) is 24.9. The summed E-state index contributed by atoms with van der Waals surface area (Å²) in [6, 6.07) is 53.6. The highest BCUT2D eigenvalue weighted by atomic mass is 14.7. The lowest BCUT2D eigenvalue weighted by Gasteiger charge is -2.34. The van der Waals surface area contributed by atoms with Crippen molar-refractivity contribution in [2.75, 3.05) is 0 Å². The lowest BCUT2D eigenvalue weighted by atomic mass is 9.67. The van der Waals surface area contributed by atoms with Gasteiger partial charge in [-0.2, -0.15) is 5.26 Å². The van der Waals surface area contributed by atoms with Gasteiger partial charge < -0.3 is 0 Å². The third-order valence-corrected chi connectivity index (χ3v) is 8.66. The van der Waals surface area contributed by atoms with Crippen LogP contribution in [0.3, 0.4) is 0 Å². The highest BCUT2D eigenvalue weighted by molar-refractivity contribution is 6.09. The maximum Gasteiger partial charge on any atom is 0.141 e. The van der Waals surface area contributed by atoms with E-state index in [1.807, 2.05) is 18.2 Å². The highest BCUT2D eigenvalue weighted by Crippen LogP contribution is 2.58. The number of hydrogen-bond acceptors (Lipinski definition) is 3. The molecule has 2 heterocycles. The third kappa shape index (κ3) is 3.74. The molecule has 8 rings (SSSR count). The van der Waals surface area contributed by atoms with Gasteiger partial charge in [0, 0.05) is 17.3 Å². The highest BCUT2D eigenvalue weighted by Gasteiger charge is 2.46. The fourth-order valence-electron chi connectivity index (χ4n) is 6.91. The molecular weight excluding hydrogens is 522 g/mol. The molecule has 1 aliphatic carbocycles. The predicted molar refractivity (Wildman–Crippen MR) is 172 cm³/mol. The molecule has 0 bridgehead atoms. The van der Waals surface area contributed by atoms with Gasteiger partial charge in [-0.05, 0) is 74.5 Å². The Labute approximate surface area is 250 Å². The summed E-state index contributed by atoms with van der Waals surface area (Å²) in [5.74, 6) is 0. The smallest absolute Gasteiger partial charge is 0.141 e. The molecule has 0 saturated carbocycles. The van der Waals surface area contributed by atoms with Crippen LogP contribution in [0, 0.1) is 11.3 Å². The number of hydrogen-bond donors (Lipinski definition) is 0. The minimum Gasteiger partial charge on any atom is -0.248 e. The van der Waals surface area contributed by atoms with Crippen molar-refractivity contribution in [3.8, 4) is 39.7 Å². The Morgan fingerprint density at radius 3 is 1.93 bits per heavy atom. The van der Waals surface area contributed by atoms with Gasteiger partial charge >= 0.3 is 0 Å². The summed E-state index contributed by atoms with van der Waals surface area (Å²) in [4.78, 5) is 9.32. The van der Waals surface area contributed by atoms with Gasteiger partial charge in [0.15, 0.2) is 0 Å². The molecule has 2 aromatic heterocycles. The Morgan fingerprint density at radius 1 is 0.535 bits per heavy atom. The topological polar surface area (TPSA) is 49.6 Å². The van der Waals surface area contributed by atoms with E-state index in [1.165, 1.54) is 38.8 Å². The summed E-state index contributed by atoms with van der Waals surface area (Å²) < 4.78 is 0. The lowest BCUT2D eigenvalue weighted by Crippen LogP contribution is -2.28. The lowest BCUT2D eigenvalue weighted by molar-refractivity contribution is 0.769. The zero-order chi connectivity index (χ0) is 28.8. The van der Waals surface area contributed by atoms with Crippen molar-refractivity contribution in [3.05, 3.63) is 180 Å². The minimum absolute atomic E-state index is 0.376. The van der Waals surface area contributed by atoms with Crippen LogP contribution < -0.4 is 0 Å². The van der Waals surface area contributed by atoms with Gasteiger partial charge in [-0.3, -0.25) is 0 Å². The molecule has 200 valence electrons. The maximum absolute atomic E-state index is 9.43. The molecule has 0 aliphatic heterocycles. The molecule has 0 N–H and O–H groups in total. The van der Waals surface area contributed by atoms with Crippen LogP contribution in [-0.4, -0.2) is 9.97 Å². The van der Waals surface area contributed by atoms with Crippen LogP contribution >= 0.6 is 0 Å². The minimum atomic E-state index is -0.502. The Bertz CT molecular complexity index is 2150. The van der Waals surface area contributed by atoms with Crippen LogP contribution in [-0.2, 0) is 5.41 Å². The summed E-state index contributed by atoms with van der Waals surface area (Å²) in [5.41, 5.74) is 11.0. The van der Waals surface area contributed by atoms with Crippen molar-refractivity contribution < 1.29 is 0 Å². The van der Waals surface area contributed by atoms with Gasteiger partial charge in [0.25, 0.3) is 0 Å². The Balaban J connectivity index is 1.48. The number of aromatic nitrogens is 2. The van der Waals surface area contributed by atoms with E-state index in [4.69, 9.17) is 4.98 Å². The van der Waals surface area contributed by atoms with Gasteiger partial charge in [-0.1, -0.05) is 115 Å². The quantitative estimate of drug-likeness (QED) is 0.221. The van der Waals surface area contributed by atoms with E-state index < -0.39 is 5.41 Å². The van der Waals surface area contributed by atoms with Crippen LogP contribution in [0.25, 0.3) is 44.4 Å². The fourth-order valence-corrected chi connectivity index (χ4v) is 6.91. The number of benzene rings is 5. The Morgan fingerprint density at radius 2 is 1.19 bits per heavy atom. The molecule has 1 aliphatic rings. The number of pyridine rings is 2. The van der Waals surface area contributed by atoms with Gasteiger partial charge in [-0.25, -0.2) is 9.97 Å². The molecule has 3 nitrogen and oxygen atoms in total. The maximum atomic E-state index is 9.43. The third-order valence-electron chi connectivity index (χ3n) is 8.66. The van der Waals surface area contributed by atoms with Crippen LogP contribution in [0.5, 0.6) is 0 Å². The van der Waals surface area contributed by atoms with E-state index in [0.717, 1.165) is 27.9 Å². The molecule has 3 heteroatoms. The Hall–Kier alpha value is -5.85. The fraction of sp³-hybridized carbons (Fsp3) is 0.0250. The van der Waals surface area contributed by atoms with E-state index in [0.29, 0.717) is 5.69 Å². The molecule has 0 saturated heterocycles. The van der Waals surface area contributed by atoms with Gasteiger partial charge in [0.2, 0.25) is 0 Å². The average molecular weight is 548 g/mol. The second kappa shape index (κ2) is 9.91. The van der Waals surface area contributed by atoms with Crippen LogP contribution in [0.15, 0.2) is 152 Å². The molecule has 7 aromatic rings. The normalized spacial score (nSPS) is 12.8. The first-order valence-corrected chi connectivity index (χ1v) is 14.4. The second-order valence-electron chi connectivity index (χ2n) is 10.9. The molecule has 0 spiro atoms. The first-order chi connectivity index (χ1) is 21.3. The monoisotopic (exact) mass is 547 g/mol. The number of nitriles is 1. The van der Waals surface area contributed by atoms with E-state index in [-0.39, 0.29) is 0 Å². The standard InChI is InChI=1S/C40H25N3/c41-26-30-24-27(22-23-42-30)37-20-11-21-38(43-37)34-25-36-39(32-17-8-7-16-31(32)34)33-18-9-10-19-35(33)40(36,28-12-3-1-4-13-28)29-14-5-2-6-15-29/h1-25H. The largest absolute Gasteiger partial charge is 0.248 e. The van der Waals surface area contributed by atoms with Crippen LogP contribution in [0.1, 0.15) is 27.9 Å². The van der Waals surface area contributed by atoms with E-state index >= 15 is 0 Å². The van der Waals surface area contributed by atoms with E-state index in [2.05, 4.69) is 132 Å². The zero-order valence-corrected chi connectivity index (χ0v) is 23.3. The van der Waals surface area contributed by atoms with Crippen molar-refractivity contribution in [2.45, 2.75) is 5.41 Å². The van der Waals surface area contributed by atoms with Crippen molar-refractivity contribution in [3.63, 3.8) is 0 Å². The molecule has 0 unspecified atom stereocenters. The summed E-state index contributed by atoms with van der Waals surface area (Å²) in [6.45, 7) is 0. The van der Waals surface area contributed by atoms with Gasteiger partial charge in [0.1, 0.15) is 11.8 Å². The molecule has 0 radical (unpaired) electrons.